The molecule has 1 saturated heterocycles. The zero-order valence-corrected chi connectivity index (χ0v) is 15.2. The van der Waals surface area contributed by atoms with Crippen molar-refractivity contribution in [2.75, 3.05) is 11.9 Å². The number of fused-ring (bicyclic) bond motifs is 1. The van der Waals surface area contributed by atoms with Gasteiger partial charge in [0.15, 0.2) is 0 Å². The van der Waals surface area contributed by atoms with Gasteiger partial charge in [-0.3, -0.25) is 19.5 Å². The van der Waals surface area contributed by atoms with Crippen LogP contribution in [0, 0.1) is 5.92 Å². The minimum absolute atomic E-state index is 0.0676. The lowest BCUT2D eigenvalue weighted by Crippen LogP contribution is -2.54. The Morgan fingerprint density at radius 1 is 1.30 bits per heavy atom. The number of urea groups is 1. The fourth-order valence-electron chi connectivity index (χ4n) is 4.18. The third-order valence-corrected chi connectivity index (χ3v) is 5.71. The van der Waals surface area contributed by atoms with Crippen LogP contribution in [0.5, 0.6) is 0 Å². The molecule has 7 heteroatoms. The average molecular weight is 366 g/mol. The largest absolute Gasteiger partial charge is 0.325 e. The van der Waals surface area contributed by atoms with Crippen LogP contribution in [0.3, 0.4) is 0 Å². The van der Waals surface area contributed by atoms with E-state index in [2.05, 4.69) is 15.6 Å². The summed E-state index contributed by atoms with van der Waals surface area (Å²) in [7, 11) is 0. The number of benzene rings is 1. The topological polar surface area (TPSA) is 91.4 Å². The molecule has 4 amide bonds. The molecule has 2 unspecified atom stereocenters. The summed E-state index contributed by atoms with van der Waals surface area (Å²) in [6.07, 6.45) is 5.14. The molecule has 1 aromatic heterocycles. The number of anilines is 1. The van der Waals surface area contributed by atoms with Crippen molar-refractivity contribution in [3.05, 3.63) is 36.5 Å². The van der Waals surface area contributed by atoms with E-state index in [1.807, 2.05) is 31.2 Å². The van der Waals surface area contributed by atoms with Crippen LogP contribution in [-0.4, -0.2) is 39.8 Å². The van der Waals surface area contributed by atoms with Crippen LogP contribution in [0.4, 0.5) is 10.5 Å². The molecule has 1 aliphatic heterocycles. The van der Waals surface area contributed by atoms with E-state index in [-0.39, 0.29) is 18.4 Å². The van der Waals surface area contributed by atoms with Crippen molar-refractivity contribution < 1.29 is 14.4 Å². The van der Waals surface area contributed by atoms with E-state index in [1.54, 1.807) is 12.3 Å². The molecule has 2 aromatic rings. The quantitative estimate of drug-likeness (QED) is 0.817. The highest BCUT2D eigenvalue weighted by Crippen LogP contribution is 2.38. The Kier molecular flexibility index (Phi) is 4.30. The number of nitrogens with one attached hydrogen (secondary N) is 2. The van der Waals surface area contributed by atoms with E-state index in [9.17, 15) is 14.4 Å². The van der Waals surface area contributed by atoms with Crippen LogP contribution >= 0.6 is 0 Å². The van der Waals surface area contributed by atoms with Crippen molar-refractivity contribution in [2.24, 2.45) is 5.92 Å². The van der Waals surface area contributed by atoms with Gasteiger partial charge in [-0.1, -0.05) is 38.0 Å². The lowest BCUT2D eigenvalue weighted by Gasteiger charge is -2.36. The Balaban J connectivity index is 1.51. The van der Waals surface area contributed by atoms with Gasteiger partial charge in [0, 0.05) is 11.6 Å². The van der Waals surface area contributed by atoms with Gasteiger partial charge in [0.1, 0.15) is 12.1 Å². The van der Waals surface area contributed by atoms with E-state index in [4.69, 9.17) is 0 Å². The molecular formula is C20H22N4O3. The number of amides is 4. The summed E-state index contributed by atoms with van der Waals surface area (Å²) >= 11 is 0. The number of nitrogens with zero attached hydrogens (tertiary/aromatic N) is 2. The monoisotopic (exact) mass is 366 g/mol. The first-order valence-electron chi connectivity index (χ1n) is 9.29. The van der Waals surface area contributed by atoms with Gasteiger partial charge in [-0.2, -0.15) is 0 Å². The number of pyridine rings is 1. The summed E-state index contributed by atoms with van der Waals surface area (Å²) in [5.41, 5.74) is 0.380. The third-order valence-electron chi connectivity index (χ3n) is 5.71. The predicted molar refractivity (Wildman–Crippen MR) is 101 cm³/mol. The molecule has 0 bridgehead atoms. The summed E-state index contributed by atoms with van der Waals surface area (Å²) < 4.78 is 0. The van der Waals surface area contributed by atoms with E-state index in [0.29, 0.717) is 17.6 Å². The van der Waals surface area contributed by atoms with Gasteiger partial charge < -0.3 is 10.6 Å². The Morgan fingerprint density at radius 2 is 2.11 bits per heavy atom. The van der Waals surface area contributed by atoms with Crippen molar-refractivity contribution >= 4 is 34.4 Å². The first-order chi connectivity index (χ1) is 13.0. The van der Waals surface area contributed by atoms with Gasteiger partial charge in [-0.05, 0) is 30.9 Å². The molecule has 27 heavy (non-hydrogen) atoms. The second-order valence-electron chi connectivity index (χ2n) is 7.37. The highest BCUT2D eigenvalue weighted by Gasteiger charge is 2.55. The number of carbonyl (C=O) groups excluding carboxylic acids is 3. The van der Waals surface area contributed by atoms with E-state index in [1.165, 1.54) is 0 Å². The SMILES string of the molecule is CC1CCCCC12NC(=O)N(CC(=O)Nc1cccc3cccnc13)C2=O. The van der Waals surface area contributed by atoms with Crippen LogP contribution in [0.1, 0.15) is 32.6 Å². The van der Waals surface area contributed by atoms with Crippen molar-refractivity contribution in [1.82, 2.24) is 15.2 Å². The molecule has 1 saturated carbocycles. The molecule has 2 fully saturated rings. The maximum atomic E-state index is 13.0. The normalized spacial score (nSPS) is 25.1. The highest BCUT2D eigenvalue weighted by molar-refractivity contribution is 6.11. The molecule has 1 aliphatic carbocycles. The van der Waals surface area contributed by atoms with Crippen LogP contribution in [-0.2, 0) is 9.59 Å². The van der Waals surface area contributed by atoms with Gasteiger partial charge in [0.05, 0.1) is 11.2 Å². The van der Waals surface area contributed by atoms with Crippen LogP contribution in [0.2, 0.25) is 0 Å². The summed E-state index contributed by atoms with van der Waals surface area (Å²) in [4.78, 5) is 43.2. The van der Waals surface area contributed by atoms with E-state index >= 15 is 0 Å². The number of para-hydroxylation sites is 1. The number of carbonyl (C=O) groups is 3. The number of rotatable bonds is 3. The minimum atomic E-state index is -0.851. The van der Waals surface area contributed by atoms with Gasteiger partial charge in [-0.15, -0.1) is 0 Å². The van der Waals surface area contributed by atoms with Gasteiger partial charge in [0.25, 0.3) is 5.91 Å². The summed E-state index contributed by atoms with van der Waals surface area (Å²) in [6, 6.07) is 8.73. The molecule has 2 atom stereocenters. The molecule has 1 aromatic carbocycles. The van der Waals surface area contributed by atoms with Gasteiger partial charge in [-0.25, -0.2) is 4.79 Å². The van der Waals surface area contributed by atoms with Gasteiger partial charge in [0.2, 0.25) is 5.91 Å². The fraction of sp³-hybridized carbons (Fsp3) is 0.400. The van der Waals surface area contributed by atoms with Crippen LogP contribution in [0.25, 0.3) is 10.9 Å². The molecule has 2 heterocycles. The average Bonchev–Trinajstić information content (AvgIpc) is 2.89. The molecule has 2 aliphatic rings. The lowest BCUT2D eigenvalue weighted by atomic mass is 9.73. The minimum Gasteiger partial charge on any atom is -0.323 e. The zero-order chi connectivity index (χ0) is 19.0. The summed E-state index contributed by atoms with van der Waals surface area (Å²) in [5, 5.41) is 6.55. The molecule has 0 radical (unpaired) electrons. The first kappa shape index (κ1) is 17.5. The Labute approximate surface area is 157 Å². The standard InChI is InChI=1S/C20H22N4O3/c1-13-6-2-3-10-20(13)18(26)24(19(27)23-20)12-16(25)22-15-9-4-7-14-8-5-11-21-17(14)15/h4-5,7-9,11,13H,2-3,6,10,12H2,1H3,(H,22,25)(H,23,27). The zero-order valence-electron chi connectivity index (χ0n) is 15.2. The maximum absolute atomic E-state index is 13.0. The number of hydrogen-bond acceptors (Lipinski definition) is 4. The Hall–Kier alpha value is -2.96. The van der Waals surface area contributed by atoms with Gasteiger partial charge >= 0.3 is 6.03 Å². The van der Waals surface area contributed by atoms with Crippen molar-refractivity contribution in [2.45, 2.75) is 38.1 Å². The third kappa shape index (κ3) is 2.93. The fourth-order valence-corrected chi connectivity index (χ4v) is 4.18. The Bertz CT molecular complexity index is 923. The smallest absolute Gasteiger partial charge is 0.323 e. The number of imide groups is 1. The molecule has 7 nitrogen and oxygen atoms in total. The molecular weight excluding hydrogens is 344 g/mol. The molecule has 140 valence electrons. The van der Waals surface area contributed by atoms with Crippen molar-refractivity contribution in [3.8, 4) is 0 Å². The molecule has 2 N–H and O–H groups in total. The van der Waals surface area contributed by atoms with Crippen molar-refractivity contribution in [3.63, 3.8) is 0 Å². The maximum Gasteiger partial charge on any atom is 0.325 e. The number of aromatic nitrogens is 1. The van der Waals surface area contributed by atoms with E-state index in [0.717, 1.165) is 29.5 Å². The second kappa shape index (κ2) is 6.64. The van der Waals surface area contributed by atoms with Crippen LogP contribution in [0.15, 0.2) is 36.5 Å². The predicted octanol–water partition coefficient (Wildman–Crippen LogP) is 2.67. The van der Waals surface area contributed by atoms with E-state index < -0.39 is 17.5 Å². The lowest BCUT2D eigenvalue weighted by molar-refractivity contribution is -0.136. The summed E-state index contributed by atoms with van der Waals surface area (Å²) in [5.74, 6) is -0.638. The second-order valence-corrected chi connectivity index (χ2v) is 7.37. The Morgan fingerprint density at radius 3 is 2.93 bits per heavy atom. The molecule has 1 spiro atoms. The van der Waals surface area contributed by atoms with Crippen LogP contribution < -0.4 is 10.6 Å². The first-order valence-corrected chi connectivity index (χ1v) is 9.29. The number of hydrogen-bond donors (Lipinski definition) is 2. The molecule has 4 rings (SSSR count). The summed E-state index contributed by atoms with van der Waals surface area (Å²) in [6.45, 7) is 1.69. The highest BCUT2D eigenvalue weighted by atomic mass is 16.2. The van der Waals surface area contributed by atoms with Crippen molar-refractivity contribution in [1.29, 1.82) is 0 Å².